The van der Waals surface area contributed by atoms with E-state index in [0.717, 1.165) is 5.56 Å². The Morgan fingerprint density at radius 2 is 1.35 bits per heavy atom. The van der Waals surface area contributed by atoms with E-state index in [9.17, 15) is 12.9 Å². The standard InChI is InChI=1S/C12H17BF3O3.K/c14-13(15,16)11-19-9-7-17-6-8-18-10-12-4-2-1-3-5-12;/h1-5H,6-11H2;/q-1;+1. The SMILES string of the molecule is F[B-](F)(F)COCCOCCOCc1ccccc1.[K+]. The van der Waals surface area contributed by atoms with E-state index in [2.05, 4.69) is 4.74 Å². The Kier molecular flexibility index (Phi) is 12.5. The molecule has 0 bridgehead atoms. The van der Waals surface area contributed by atoms with Gasteiger partial charge in [0.15, 0.2) is 0 Å². The van der Waals surface area contributed by atoms with Gasteiger partial charge in [-0.15, -0.1) is 0 Å². The van der Waals surface area contributed by atoms with Crippen molar-refractivity contribution in [2.45, 2.75) is 6.61 Å². The first-order valence-electron chi connectivity index (χ1n) is 6.06. The summed E-state index contributed by atoms with van der Waals surface area (Å²) in [6, 6.07) is 9.68. The molecule has 0 heterocycles. The maximum absolute atomic E-state index is 11.8. The molecule has 0 aliphatic heterocycles. The fourth-order valence-corrected chi connectivity index (χ4v) is 1.32. The summed E-state index contributed by atoms with van der Waals surface area (Å²) in [5, 5.41) is 0. The average Bonchev–Trinajstić information content (AvgIpc) is 2.37. The van der Waals surface area contributed by atoms with Gasteiger partial charge in [-0.1, -0.05) is 30.3 Å². The molecule has 0 N–H and O–H groups in total. The van der Waals surface area contributed by atoms with Crippen LogP contribution in [0.15, 0.2) is 30.3 Å². The van der Waals surface area contributed by atoms with Gasteiger partial charge in [-0.3, -0.25) is 0 Å². The van der Waals surface area contributed by atoms with E-state index in [4.69, 9.17) is 9.47 Å². The summed E-state index contributed by atoms with van der Waals surface area (Å²) in [5.41, 5.74) is 1.07. The number of hydrogen-bond donors (Lipinski definition) is 0. The number of rotatable bonds is 10. The van der Waals surface area contributed by atoms with Crippen molar-refractivity contribution in [3.05, 3.63) is 35.9 Å². The molecule has 0 aromatic heterocycles. The normalized spacial score (nSPS) is 11.2. The van der Waals surface area contributed by atoms with Crippen LogP contribution in [0.4, 0.5) is 12.9 Å². The van der Waals surface area contributed by atoms with Crippen molar-refractivity contribution < 1.29 is 78.5 Å². The summed E-state index contributed by atoms with van der Waals surface area (Å²) in [6.07, 6.45) is 0. The minimum absolute atomic E-state index is 0. The number of ether oxygens (including phenoxy) is 3. The third-order valence-corrected chi connectivity index (χ3v) is 2.16. The molecular weight excluding hydrogens is 299 g/mol. The van der Waals surface area contributed by atoms with Crippen molar-refractivity contribution in [2.75, 3.05) is 32.9 Å². The summed E-state index contributed by atoms with van der Waals surface area (Å²) < 4.78 is 50.1. The topological polar surface area (TPSA) is 27.7 Å². The van der Waals surface area contributed by atoms with E-state index < -0.39 is 13.5 Å². The van der Waals surface area contributed by atoms with Gasteiger partial charge < -0.3 is 27.2 Å². The molecule has 3 nitrogen and oxygen atoms in total. The summed E-state index contributed by atoms with van der Waals surface area (Å²) in [6.45, 7) is -4.71. The fourth-order valence-electron chi connectivity index (χ4n) is 1.32. The molecule has 0 saturated heterocycles. The van der Waals surface area contributed by atoms with Crippen LogP contribution in [0.1, 0.15) is 5.56 Å². The summed E-state index contributed by atoms with van der Waals surface area (Å²) in [7, 11) is 0. The van der Waals surface area contributed by atoms with Crippen molar-refractivity contribution in [1.29, 1.82) is 0 Å². The van der Waals surface area contributed by atoms with Crippen molar-refractivity contribution >= 4 is 6.98 Å². The number of halogens is 3. The summed E-state index contributed by atoms with van der Waals surface area (Å²) in [4.78, 5) is 0. The molecule has 0 saturated carbocycles. The zero-order valence-corrected chi connectivity index (χ0v) is 14.7. The molecular formula is C12H17BF3KO3. The maximum atomic E-state index is 11.8. The van der Waals surface area contributed by atoms with Gasteiger partial charge in [0.05, 0.1) is 33.0 Å². The first kappa shape index (κ1) is 20.6. The molecule has 20 heavy (non-hydrogen) atoms. The van der Waals surface area contributed by atoms with Crippen LogP contribution < -0.4 is 51.4 Å². The molecule has 0 fully saturated rings. The third kappa shape index (κ3) is 12.3. The molecule has 0 radical (unpaired) electrons. The number of benzene rings is 1. The van der Waals surface area contributed by atoms with Gasteiger partial charge >= 0.3 is 58.4 Å². The van der Waals surface area contributed by atoms with E-state index in [0.29, 0.717) is 19.8 Å². The first-order valence-corrected chi connectivity index (χ1v) is 6.06. The molecule has 0 amide bonds. The second kappa shape index (κ2) is 12.2. The van der Waals surface area contributed by atoms with Crippen LogP contribution in [-0.4, -0.2) is 39.9 Å². The first-order chi connectivity index (χ1) is 9.08. The van der Waals surface area contributed by atoms with Gasteiger partial charge in [-0.25, -0.2) is 0 Å². The minimum atomic E-state index is -4.86. The largest absolute Gasteiger partial charge is 1.00 e. The van der Waals surface area contributed by atoms with Crippen LogP contribution in [0, 0.1) is 0 Å². The summed E-state index contributed by atoms with van der Waals surface area (Å²) in [5.74, 6) is 0. The number of hydrogen-bond acceptors (Lipinski definition) is 3. The molecule has 0 unspecified atom stereocenters. The van der Waals surface area contributed by atoms with Crippen molar-refractivity contribution in [1.82, 2.24) is 0 Å². The van der Waals surface area contributed by atoms with Gasteiger partial charge in [0.2, 0.25) is 0 Å². The molecule has 108 valence electrons. The smallest absolute Gasteiger partial charge is 0.447 e. The Bertz CT molecular complexity index is 338. The zero-order chi connectivity index (χ0) is 14.0. The average molecular weight is 316 g/mol. The zero-order valence-electron chi connectivity index (χ0n) is 11.6. The third-order valence-electron chi connectivity index (χ3n) is 2.16. The van der Waals surface area contributed by atoms with Gasteiger partial charge in [0.25, 0.3) is 0 Å². The Labute approximate surface area is 159 Å². The molecule has 1 rings (SSSR count). The molecule has 0 aliphatic rings. The van der Waals surface area contributed by atoms with Gasteiger partial charge in [-0.05, 0) is 5.56 Å². The van der Waals surface area contributed by atoms with E-state index in [1.54, 1.807) is 0 Å². The van der Waals surface area contributed by atoms with Gasteiger partial charge in [-0.2, -0.15) is 0 Å². The second-order valence-electron chi connectivity index (χ2n) is 3.94. The molecule has 0 atom stereocenters. The Morgan fingerprint density at radius 1 is 0.800 bits per heavy atom. The molecule has 0 aliphatic carbocycles. The van der Waals surface area contributed by atoms with E-state index >= 15 is 0 Å². The molecule has 0 spiro atoms. The monoisotopic (exact) mass is 316 g/mol. The Balaban J connectivity index is 0.00000361. The van der Waals surface area contributed by atoms with Crippen LogP contribution >= 0.6 is 0 Å². The maximum Gasteiger partial charge on any atom is 1.00 e. The Morgan fingerprint density at radius 3 is 1.95 bits per heavy atom. The van der Waals surface area contributed by atoms with Crippen LogP contribution in [0.2, 0.25) is 0 Å². The minimum Gasteiger partial charge on any atom is -0.447 e. The van der Waals surface area contributed by atoms with Crippen molar-refractivity contribution in [3.8, 4) is 0 Å². The van der Waals surface area contributed by atoms with Crippen LogP contribution in [0.25, 0.3) is 0 Å². The fraction of sp³-hybridized carbons (Fsp3) is 0.500. The van der Waals surface area contributed by atoms with Crippen molar-refractivity contribution in [3.63, 3.8) is 0 Å². The van der Waals surface area contributed by atoms with E-state index in [1.807, 2.05) is 30.3 Å². The van der Waals surface area contributed by atoms with Crippen LogP contribution in [-0.2, 0) is 20.8 Å². The Hall–Kier alpha value is 0.591. The van der Waals surface area contributed by atoms with E-state index in [-0.39, 0.29) is 64.6 Å². The predicted molar refractivity (Wildman–Crippen MR) is 66.8 cm³/mol. The molecule has 1 aromatic rings. The van der Waals surface area contributed by atoms with Gasteiger partial charge in [0, 0.05) is 6.51 Å². The predicted octanol–water partition coefficient (Wildman–Crippen LogP) is -0.373. The van der Waals surface area contributed by atoms with E-state index in [1.165, 1.54) is 0 Å². The second-order valence-corrected chi connectivity index (χ2v) is 3.94. The summed E-state index contributed by atoms with van der Waals surface area (Å²) >= 11 is 0. The van der Waals surface area contributed by atoms with Gasteiger partial charge in [0.1, 0.15) is 0 Å². The molecule has 1 aromatic carbocycles. The van der Waals surface area contributed by atoms with Crippen molar-refractivity contribution in [2.24, 2.45) is 0 Å². The molecule has 8 heteroatoms. The van der Waals surface area contributed by atoms with Crippen LogP contribution in [0.5, 0.6) is 0 Å². The van der Waals surface area contributed by atoms with Crippen LogP contribution in [0.3, 0.4) is 0 Å². The quantitative estimate of drug-likeness (QED) is 0.435.